The van der Waals surface area contributed by atoms with E-state index in [1.807, 2.05) is 43.9 Å². The quantitative estimate of drug-likeness (QED) is 0.360. The maximum atomic E-state index is 12.6. The monoisotopic (exact) mass is 467 g/mol. The lowest BCUT2D eigenvalue weighted by Crippen LogP contribution is -2.46. The third kappa shape index (κ3) is 8.27. The summed E-state index contributed by atoms with van der Waals surface area (Å²) in [7, 11) is 1.70. The van der Waals surface area contributed by atoms with Gasteiger partial charge in [0.2, 0.25) is 0 Å². The Kier molecular flexibility index (Phi) is 9.67. The molecule has 1 aliphatic rings. The van der Waals surface area contributed by atoms with E-state index in [0.29, 0.717) is 6.61 Å². The first kappa shape index (κ1) is 25.9. The van der Waals surface area contributed by atoms with E-state index in [2.05, 4.69) is 30.3 Å². The molecule has 0 radical (unpaired) electrons. The van der Waals surface area contributed by atoms with Crippen LogP contribution in [0.15, 0.2) is 48.5 Å². The van der Waals surface area contributed by atoms with Crippen molar-refractivity contribution in [3.8, 4) is 11.5 Å². The maximum absolute atomic E-state index is 12.6. The van der Waals surface area contributed by atoms with Gasteiger partial charge in [-0.15, -0.1) is 0 Å². The zero-order valence-corrected chi connectivity index (χ0v) is 21.3. The van der Waals surface area contributed by atoms with Crippen LogP contribution in [0.3, 0.4) is 0 Å². The van der Waals surface area contributed by atoms with Gasteiger partial charge < -0.3 is 19.1 Å². The van der Waals surface area contributed by atoms with Crippen LogP contribution in [0.2, 0.25) is 0 Å². The Hall–Kier alpha value is -2.69. The van der Waals surface area contributed by atoms with Crippen LogP contribution in [0.4, 0.5) is 4.79 Å². The molecule has 1 aliphatic heterocycles. The Bertz CT molecular complexity index is 888. The van der Waals surface area contributed by atoms with Crippen molar-refractivity contribution in [1.82, 2.24) is 4.90 Å². The minimum absolute atomic E-state index is 0.181. The molecule has 0 bridgehead atoms. The molecule has 1 amide bonds. The number of rotatable bonds is 10. The second kappa shape index (κ2) is 12.7. The van der Waals surface area contributed by atoms with Crippen molar-refractivity contribution < 1.29 is 19.0 Å². The second-order valence-electron chi connectivity index (χ2n) is 10.1. The molecule has 0 aliphatic carbocycles. The number of piperidine rings is 1. The van der Waals surface area contributed by atoms with Gasteiger partial charge in [-0.05, 0) is 95.0 Å². The van der Waals surface area contributed by atoms with E-state index in [9.17, 15) is 4.79 Å². The van der Waals surface area contributed by atoms with E-state index in [1.54, 1.807) is 7.11 Å². The number of hydrogen-bond acceptors (Lipinski definition) is 4. The summed E-state index contributed by atoms with van der Waals surface area (Å²) in [6, 6.07) is 16.8. The molecular weight excluding hydrogens is 426 g/mol. The van der Waals surface area contributed by atoms with Gasteiger partial charge in [0.15, 0.2) is 0 Å². The van der Waals surface area contributed by atoms with Crippen LogP contribution in [0.5, 0.6) is 11.5 Å². The highest BCUT2D eigenvalue weighted by atomic mass is 16.6. The topological polar surface area (TPSA) is 48.0 Å². The van der Waals surface area contributed by atoms with Crippen molar-refractivity contribution in [1.29, 1.82) is 0 Å². The predicted octanol–water partition coefficient (Wildman–Crippen LogP) is 6.82. The van der Waals surface area contributed by atoms with Crippen LogP contribution in [0, 0.1) is 0 Å². The van der Waals surface area contributed by atoms with Crippen LogP contribution in [0.25, 0.3) is 0 Å². The lowest BCUT2D eigenvalue weighted by atomic mass is 10.00. The first-order chi connectivity index (χ1) is 16.4. The molecule has 1 saturated heterocycles. The number of likely N-dealkylation sites (tertiary alicyclic amines) is 1. The molecule has 1 unspecified atom stereocenters. The van der Waals surface area contributed by atoms with E-state index in [4.69, 9.17) is 14.2 Å². The van der Waals surface area contributed by atoms with E-state index in [0.717, 1.165) is 69.4 Å². The summed E-state index contributed by atoms with van der Waals surface area (Å²) in [5, 5.41) is 0. The van der Waals surface area contributed by atoms with Gasteiger partial charge in [0, 0.05) is 19.0 Å². The van der Waals surface area contributed by atoms with Gasteiger partial charge in [-0.3, -0.25) is 0 Å². The minimum atomic E-state index is -0.470. The van der Waals surface area contributed by atoms with Crippen LogP contribution < -0.4 is 9.47 Å². The molecule has 2 aromatic rings. The molecule has 186 valence electrons. The van der Waals surface area contributed by atoms with Crippen LogP contribution in [-0.2, 0) is 17.6 Å². The van der Waals surface area contributed by atoms with Crippen molar-refractivity contribution in [2.75, 3.05) is 20.3 Å². The Labute approximate surface area is 205 Å². The van der Waals surface area contributed by atoms with Crippen molar-refractivity contribution in [3.05, 3.63) is 59.7 Å². The number of carbonyl (C=O) groups excluding carboxylic acids is 1. The highest BCUT2D eigenvalue weighted by molar-refractivity contribution is 5.68. The Morgan fingerprint density at radius 3 is 2.47 bits per heavy atom. The molecule has 0 spiro atoms. The molecule has 5 heteroatoms. The number of hydrogen-bond donors (Lipinski definition) is 0. The van der Waals surface area contributed by atoms with Gasteiger partial charge in [-0.1, -0.05) is 30.3 Å². The van der Waals surface area contributed by atoms with Gasteiger partial charge in [0.05, 0.1) is 13.7 Å². The molecule has 0 saturated carbocycles. The molecule has 34 heavy (non-hydrogen) atoms. The van der Waals surface area contributed by atoms with Crippen LogP contribution >= 0.6 is 0 Å². The summed E-state index contributed by atoms with van der Waals surface area (Å²) >= 11 is 0. The number of ether oxygens (including phenoxy) is 3. The summed E-state index contributed by atoms with van der Waals surface area (Å²) < 4.78 is 17.1. The summed E-state index contributed by atoms with van der Waals surface area (Å²) in [4.78, 5) is 14.6. The van der Waals surface area contributed by atoms with Crippen molar-refractivity contribution in [2.45, 2.75) is 83.8 Å². The highest BCUT2D eigenvalue weighted by Gasteiger charge is 2.30. The van der Waals surface area contributed by atoms with Crippen LogP contribution in [-0.4, -0.2) is 42.9 Å². The van der Waals surface area contributed by atoms with Gasteiger partial charge >= 0.3 is 6.09 Å². The standard InChI is InChI=1S/C29H41NO4/c1-29(2,3)34-28(31)30-21-10-9-14-25(30)20-22-33-27-15-8-7-13-24(27)12-6-5-11-23-16-18-26(32-4)19-17-23/h7-8,13,15-19,25H,5-6,9-12,14,20-22H2,1-4H3. The fourth-order valence-electron chi connectivity index (χ4n) is 4.45. The lowest BCUT2D eigenvalue weighted by molar-refractivity contribution is 0.00742. The average molecular weight is 468 g/mol. The maximum Gasteiger partial charge on any atom is 0.410 e. The summed E-state index contributed by atoms with van der Waals surface area (Å²) in [6.45, 7) is 7.12. The zero-order chi connectivity index (χ0) is 24.4. The summed E-state index contributed by atoms with van der Waals surface area (Å²) in [5.41, 5.74) is 2.12. The van der Waals surface area contributed by atoms with Crippen molar-refractivity contribution in [2.24, 2.45) is 0 Å². The van der Waals surface area contributed by atoms with Gasteiger partial charge in [0.1, 0.15) is 17.1 Å². The fraction of sp³-hybridized carbons (Fsp3) is 0.552. The van der Waals surface area contributed by atoms with E-state index in [-0.39, 0.29) is 12.1 Å². The molecule has 1 heterocycles. The molecule has 0 N–H and O–H groups in total. The third-order valence-electron chi connectivity index (χ3n) is 6.26. The smallest absolute Gasteiger partial charge is 0.410 e. The number of carbonyl (C=O) groups is 1. The van der Waals surface area contributed by atoms with E-state index in [1.165, 1.54) is 11.1 Å². The number of benzene rings is 2. The Morgan fingerprint density at radius 2 is 1.74 bits per heavy atom. The molecule has 5 nitrogen and oxygen atoms in total. The van der Waals surface area contributed by atoms with Crippen molar-refractivity contribution >= 4 is 6.09 Å². The normalized spacial score (nSPS) is 16.2. The average Bonchev–Trinajstić information content (AvgIpc) is 2.82. The van der Waals surface area contributed by atoms with Gasteiger partial charge in [0.25, 0.3) is 0 Å². The molecule has 1 atom stereocenters. The number of aryl methyl sites for hydroxylation is 2. The molecule has 0 aromatic heterocycles. The van der Waals surface area contributed by atoms with E-state index >= 15 is 0 Å². The molecule has 3 rings (SSSR count). The SMILES string of the molecule is COc1ccc(CCCCc2ccccc2OCCC2CCCCN2C(=O)OC(C)(C)C)cc1. The number of para-hydroxylation sites is 1. The van der Waals surface area contributed by atoms with Crippen LogP contribution in [0.1, 0.15) is 70.4 Å². The molecule has 2 aromatic carbocycles. The largest absolute Gasteiger partial charge is 0.497 e. The zero-order valence-electron chi connectivity index (χ0n) is 21.3. The number of unbranched alkanes of at least 4 members (excludes halogenated alkanes) is 1. The van der Waals surface area contributed by atoms with E-state index < -0.39 is 5.60 Å². The first-order valence-corrected chi connectivity index (χ1v) is 12.7. The molecular formula is C29H41NO4. The Balaban J connectivity index is 1.46. The fourth-order valence-corrected chi connectivity index (χ4v) is 4.45. The lowest BCUT2D eigenvalue weighted by Gasteiger charge is -2.36. The number of methoxy groups -OCH3 is 1. The second-order valence-corrected chi connectivity index (χ2v) is 10.1. The van der Waals surface area contributed by atoms with Gasteiger partial charge in [-0.2, -0.15) is 0 Å². The minimum Gasteiger partial charge on any atom is -0.497 e. The predicted molar refractivity (Wildman–Crippen MR) is 137 cm³/mol. The first-order valence-electron chi connectivity index (χ1n) is 12.7. The summed E-state index contributed by atoms with van der Waals surface area (Å²) in [6.07, 6.45) is 8.13. The summed E-state index contributed by atoms with van der Waals surface area (Å²) in [5.74, 6) is 1.86. The van der Waals surface area contributed by atoms with Gasteiger partial charge in [-0.25, -0.2) is 4.79 Å². The third-order valence-corrected chi connectivity index (χ3v) is 6.26. The number of nitrogens with zero attached hydrogens (tertiary/aromatic N) is 1. The Morgan fingerprint density at radius 1 is 1.00 bits per heavy atom. The van der Waals surface area contributed by atoms with Crippen molar-refractivity contribution in [3.63, 3.8) is 0 Å². The number of amides is 1. The highest BCUT2D eigenvalue weighted by Crippen LogP contribution is 2.25. The molecule has 1 fully saturated rings.